The first-order valence-electron chi connectivity index (χ1n) is 19.4. The monoisotopic (exact) mass is 805 g/mol. The Kier molecular flexibility index (Phi) is 16.7. The molecule has 1 aliphatic rings. The van der Waals surface area contributed by atoms with Crippen molar-refractivity contribution in [3.8, 4) is 17.1 Å². The summed E-state index contributed by atoms with van der Waals surface area (Å²) < 4.78 is 11.4. The molecular formula is C41H51N5O12. The average molecular weight is 806 g/mol. The van der Waals surface area contributed by atoms with E-state index in [4.69, 9.17) is 19.1 Å². The Morgan fingerprint density at radius 3 is 2.34 bits per heavy atom. The van der Waals surface area contributed by atoms with Gasteiger partial charge in [0.2, 0.25) is 12.3 Å². The number of benzene rings is 2. The zero-order valence-corrected chi connectivity index (χ0v) is 32.9. The lowest BCUT2D eigenvalue weighted by Gasteiger charge is -2.32. The van der Waals surface area contributed by atoms with Gasteiger partial charge in [-0.15, -0.1) is 0 Å². The van der Waals surface area contributed by atoms with Gasteiger partial charge >= 0.3 is 17.9 Å². The highest BCUT2D eigenvalue weighted by Gasteiger charge is 2.34. The zero-order valence-electron chi connectivity index (χ0n) is 32.9. The van der Waals surface area contributed by atoms with Gasteiger partial charge in [-0.2, -0.15) is 5.06 Å². The Bertz CT molecular complexity index is 1920. The van der Waals surface area contributed by atoms with Crippen LogP contribution in [0.5, 0.6) is 5.75 Å². The third kappa shape index (κ3) is 12.1. The number of ether oxygens (including phenoxy) is 1. The van der Waals surface area contributed by atoms with Gasteiger partial charge in [0.15, 0.2) is 5.76 Å². The van der Waals surface area contributed by atoms with Crippen molar-refractivity contribution in [2.45, 2.75) is 84.2 Å². The number of rotatable bonds is 23. The molecule has 1 fully saturated rings. The number of hydroxylamine groups is 2. The van der Waals surface area contributed by atoms with E-state index < -0.39 is 60.1 Å². The maximum Gasteiger partial charge on any atom is 0.363 e. The molecule has 0 spiro atoms. The summed E-state index contributed by atoms with van der Waals surface area (Å²) in [5, 5.41) is 26.7. The van der Waals surface area contributed by atoms with Gasteiger partial charge in [0.1, 0.15) is 17.6 Å². The molecular weight excluding hydrogens is 754 g/mol. The normalized spacial score (nSPS) is 13.7. The van der Waals surface area contributed by atoms with Crippen molar-refractivity contribution >= 4 is 47.7 Å². The summed E-state index contributed by atoms with van der Waals surface area (Å²) >= 11 is 0. The van der Waals surface area contributed by atoms with Gasteiger partial charge in [-0.3, -0.25) is 24.0 Å². The van der Waals surface area contributed by atoms with Crippen molar-refractivity contribution < 1.29 is 57.8 Å². The van der Waals surface area contributed by atoms with Crippen LogP contribution >= 0.6 is 0 Å². The van der Waals surface area contributed by atoms with E-state index in [1.165, 1.54) is 30.3 Å². The summed E-state index contributed by atoms with van der Waals surface area (Å²) in [4.78, 5) is 95.5. The first-order chi connectivity index (χ1) is 27.9. The number of hydrogen-bond acceptors (Lipinski definition) is 11. The van der Waals surface area contributed by atoms with Gasteiger partial charge in [0.05, 0.1) is 42.8 Å². The molecule has 0 saturated carbocycles. The molecule has 58 heavy (non-hydrogen) atoms. The second kappa shape index (κ2) is 21.8. The molecule has 0 radical (unpaired) electrons. The molecule has 2 aromatic carbocycles. The molecule has 1 aromatic heterocycles. The zero-order chi connectivity index (χ0) is 42.2. The van der Waals surface area contributed by atoms with E-state index >= 15 is 0 Å². The molecule has 312 valence electrons. The van der Waals surface area contributed by atoms with Gasteiger partial charge in [0, 0.05) is 24.3 Å². The largest absolute Gasteiger partial charge is 0.493 e. The van der Waals surface area contributed by atoms with Crippen molar-refractivity contribution in [3.05, 3.63) is 71.5 Å². The number of furan rings is 1. The lowest BCUT2D eigenvalue weighted by atomic mass is 9.90. The Morgan fingerprint density at radius 2 is 1.69 bits per heavy atom. The number of hydrogen-bond donors (Lipinski definition) is 5. The molecule has 5 N–H and O–H groups in total. The number of anilines is 1. The van der Waals surface area contributed by atoms with Crippen LogP contribution in [0.2, 0.25) is 0 Å². The number of unbranched alkanes of at least 4 members (excludes halogenated alkanes) is 2. The van der Waals surface area contributed by atoms with E-state index in [1.54, 1.807) is 32.0 Å². The first-order valence-corrected chi connectivity index (χ1v) is 19.4. The Balaban J connectivity index is 1.40. The van der Waals surface area contributed by atoms with E-state index in [0.29, 0.717) is 31.2 Å². The molecule has 2 heterocycles. The van der Waals surface area contributed by atoms with Crippen molar-refractivity contribution in [2.24, 2.45) is 5.92 Å². The fourth-order valence-corrected chi connectivity index (χ4v) is 6.67. The Labute approximate surface area is 336 Å². The molecule has 0 aliphatic carbocycles. The minimum Gasteiger partial charge on any atom is -0.493 e. The van der Waals surface area contributed by atoms with Crippen LogP contribution in [0.25, 0.3) is 11.3 Å². The second-order valence-electron chi connectivity index (χ2n) is 13.7. The SMILES string of the molecule is CCCCC[C@@H](C(=O)NCNC(=O)c1ccc(-c2ccc(C(=O)N[C@@H](CC(=O)O)C(=O)O)c(OCC)c2)o1)[C@@H](CC)N(C=O)OC(=O)c1cccc(N2CCCC2)c1. The van der Waals surface area contributed by atoms with Crippen LogP contribution in [0.1, 0.15) is 103 Å². The van der Waals surface area contributed by atoms with Gasteiger partial charge in [0.25, 0.3) is 11.8 Å². The number of aliphatic carboxylic acids is 2. The minimum absolute atomic E-state index is 0.0436. The summed E-state index contributed by atoms with van der Waals surface area (Å²) in [6.45, 7) is 7.12. The third-order valence-corrected chi connectivity index (χ3v) is 9.64. The first kappa shape index (κ1) is 44.3. The highest BCUT2D eigenvalue weighted by molar-refractivity contribution is 6.00. The number of nitrogens with zero attached hydrogens (tertiary/aromatic N) is 2. The van der Waals surface area contributed by atoms with Gasteiger partial charge in [-0.25, -0.2) is 9.59 Å². The van der Waals surface area contributed by atoms with E-state index in [1.807, 2.05) is 13.0 Å². The van der Waals surface area contributed by atoms with Gasteiger partial charge in [-0.05, 0) is 75.1 Å². The summed E-state index contributed by atoms with van der Waals surface area (Å²) in [6, 6.07) is 11.8. The summed E-state index contributed by atoms with van der Waals surface area (Å²) in [6.07, 6.45) is 4.81. The predicted molar refractivity (Wildman–Crippen MR) is 210 cm³/mol. The van der Waals surface area contributed by atoms with Crippen LogP contribution in [-0.2, 0) is 24.0 Å². The van der Waals surface area contributed by atoms with Crippen LogP contribution in [0.15, 0.2) is 59.0 Å². The van der Waals surface area contributed by atoms with Crippen LogP contribution < -0.4 is 25.6 Å². The average Bonchev–Trinajstić information content (AvgIpc) is 3.94. The standard InChI is InChI=1S/C41H51N5O12/c1-4-7-8-14-29(32(5-2)46(25-47)58-41(55)27-12-11-13-28(21-27)45-19-9-10-20-45)37(50)42-24-43-39(52)34-18-17-33(57-34)26-15-16-30(35(22-26)56-6-3)38(51)44-31(40(53)54)23-36(48)49/h11-13,15-18,21-22,25,29,31-32H,4-10,14,19-20,23-24H2,1-3H3,(H,42,50)(H,43,52)(H,44,51)(H,48,49)(H,53,54)/t29-,31+,32-/m1/s1. The van der Waals surface area contributed by atoms with E-state index in [-0.39, 0.29) is 41.7 Å². The second-order valence-corrected chi connectivity index (χ2v) is 13.7. The van der Waals surface area contributed by atoms with Crippen molar-refractivity contribution in [1.29, 1.82) is 0 Å². The summed E-state index contributed by atoms with van der Waals surface area (Å²) in [7, 11) is 0. The maximum atomic E-state index is 13.6. The fourth-order valence-electron chi connectivity index (χ4n) is 6.67. The smallest absolute Gasteiger partial charge is 0.363 e. The quantitative estimate of drug-likeness (QED) is 0.0382. The summed E-state index contributed by atoms with van der Waals surface area (Å²) in [5.41, 5.74) is 1.54. The highest BCUT2D eigenvalue weighted by Crippen LogP contribution is 2.30. The van der Waals surface area contributed by atoms with E-state index in [0.717, 1.165) is 49.5 Å². The van der Waals surface area contributed by atoms with Crippen molar-refractivity contribution in [2.75, 3.05) is 31.3 Å². The molecule has 4 amide bonds. The maximum absolute atomic E-state index is 13.6. The van der Waals surface area contributed by atoms with Crippen LogP contribution in [0, 0.1) is 5.92 Å². The van der Waals surface area contributed by atoms with Crippen molar-refractivity contribution in [3.63, 3.8) is 0 Å². The molecule has 1 saturated heterocycles. The fraction of sp³-hybridized carbons (Fsp3) is 0.439. The molecule has 3 atom stereocenters. The lowest BCUT2D eigenvalue weighted by Crippen LogP contribution is -2.49. The molecule has 0 unspecified atom stereocenters. The van der Waals surface area contributed by atoms with Crippen LogP contribution in [0.4, 0.5) is 5.69 Å². The van der Waals surface area contributed by atoms with E-state index in [9.17, 15) is 38.7 Å². The van der Waals surface area contributed by atoms with E-state index in [2.05, 4.69) is 20.9 Å². The number of carboxylic acid groups (broad SMARTS) is 2. The number of nitrogens with one attached hydrogen (secondary N) is 3. The molecule has 1 aliphatic heterocycles. The number of carbonyl (C=O) groups is 7. The molecule has 3 aromatic rings. The van der Waals surface area contributed by atoms with Gasteiger partial charge < -0.3 is 45.1 Å². The molecule has 17 heteroatoms. The molecule has 17 nitrogen and oxygen atoms in total. The number of carbonyl (C=O) groups excluding carboxylic acids is 5. The summed E-state index contributed by atoms with van der Waals surface area (Å²) in [5.74, 6) is -6.17. The molecule has 4 rings (SSSR count). The Hall–Kier alpha value is -6.39. The number of amides is 4. The highest BCUT2D eigenvalue weighted by atomic mass is 16.7. The van der Waals surface area contributed by atoms with Crippen LogP contribution in [-0.4, -0.2) is 95.8 Å². The predicted octanol–water partition coefficient (Wildman–Crippen LogP) is 4.61. The number of carboxylic acids is 2. The van der Waals surface area contributed by atoms with Gasteiger partial charge in [-0.1, -0.05) is 45.2 Å². The van der Waals surface area contributed by atoms with Crippen molar-refractivity contribution in [1.82, 2.24) is 21.0 Å². The lowest BCUT2D eigenvalue weighted by molar-refractivity contribution is -0.171. The Morgan fingerprint density at radius 1 is 0.931 bits per heavy atom. The minimum atomic E-state index is -1.67. The molecule has 0 bridgehead atoms. The topological polar surface area (TPSA) is 234 Å². The third-order valence-electron chi connectivity index (χ3n) is 9.64. The van der Waals surface area contributed by atoms with Crippen LogP contribution in [0.3, 0.4) is 0 Å².